The molecule has 6 heteroatoms. The van der Waals surface area contributed by atoms with E-state index < -0.39 is 5.97 Å². The Balaban J connectivity index is 1.62. The van der Waals surface area contributed by atoms with Gasteiger partial charge >= 0.3 is 5.97 Å². The van der Waals surface area contributed by atoms with Crippen LogP contribution in [0, 0.1) is 6.92 Å². The molecule has 1 saturated heterocycles. The molecule has 1 aliphatic heterocycles. The number of aliphatic carboxylic acids is 1. The molecule has 0 spiro atoms. The Hall–Kier alpha value is -2.08. The van der Waals surface area contributed by atoms with Gasteiger partial charge in [-0.1, -0.05) is 19.1 Å². The van der Waals surface area contributed by atoms with E-state index in [0.29, 0.717) is 13.0 Å². The lowest BCUT2D eigenvalue weighted by Crippen LogP contribution is -2.48. The van der Waals surface area contributed by atoms with Crippen molar-refractivity contribution in [3.8, 4) is 5.75 Å². The highest BCUT2D eigenvalue weighted by atomic mass is 16.5. The lowest BCUT2D eigenvalue weighted by Gasteiger charge is -2.37. The number of rotatable bonds is 10. The summed E-state index contributed by atoms with van der Waals surface area (Å²) in [5.74, 6) is 0.291. The Bertz CT molecular complexity index is 612. The van der Waals surface area contributed by atoms with Gasteiger partial charge in [-0.25, -0.2) is 0 Å². The van der Waals surface area contributed by atoms with Crippen LogP contribution in [0.1, 0.15) is 44.6 Å². The van der Waals surface area contributed by atoms with Gasteiger partial charge in [0.1, 0.15) is 5.75 Å². The Kier molecular flexibility index (Phi) is 8.58. The number of carboxylic acid groups (broad SMARTS) is 1. The number of carbonyl (C=O) groups is 2. The maximum atomic E-state index is 12.4. The third kappa shape index (κ3) is 7.21. The first-order valence-corrected chi connectivity index (χ1v) is 9.92. The van der Waals surface area contributed by atoms with Crippen molar-refractivity contribution < 1.29 is 19.4 Å². The third-order valence-corrected chi connectivity index (χ3v) is 5.12. The molecule has 0 radical (unpaired) electrons. The topological polar surface area (TPSA) is 70.1 Å². The number of benzene rings is 1. The maximum absolute atomic E-state index is 12.4. The SMILES string of the molecule is CCN(CC(=O)O)C1CCN(C(=O)CCCCOc2cccc(C)c2)CC1. The molecular weight excluding hydrogens is 344 g/mol. The minimum atomic E-state index is -0.789. The zero-order valence-corrected chi connectivity index (χ0v) is 16.5. The van der Waals surface area contributed by atoms with Gasteiger partial charge in [0.05, 0.1) is 13.2 Å². The van der Waals surface area contributed by atoms with Crippen LogP contribution in [0.4, 0.5) is 0 Å². The van der Waals surface area contributed by atoms with Crippen LogP contribution >= 0.6 is 0 Å². The molecule has 1 fully saturated rings. The molecule has 6 nitrogen and oxygen atoms in total. The van der Waals surface area contributed by atoms with E-state index in [1.165, 1.54) is 5.56 Å². The number of nitrogens with zero attached hydrogens (tertiary/aromatic N) is 2. The number of ether oxygens (including phenoxy) is 1. The first-order chi connectivity index (χ1) is 13.0. The van der Waals surface area contributed by atoms with Gasteiger partial charge in [-0.15, -0.1) is 0 Å². The predicted molar refractivity (Wildman–Crippen MR) is 105 cm³/mol. The molecule has 27 heavy (non-hydrogen) atoms. The minimum Gasteiger partial charge on any atom is -0.494 e. The molecule has 0 bridgehead atoms. The lowest BCUT2D eigenvalue weighted by atomic mass is 10.0. The second kappa shape index (κ2) is 10.9. The number of hydrogen-bond donors (Lipinski definition) is 1. The van der Waals surface area contributed by atoms with Gasteiger partial charge in [0.2, 0.25) is 5.91 Å². The summed E-state index contributed by atoms with van der Waals surface area (Å²) >= 11 is 0. The first-order valence-electron chi connectivity index (χ1n) is 9.92. The lowest BCUT2D eigenvalue weighted by molar-refractivity contribution is -0.140. The molecule has 1 aromatic rings. The van der Waals surface area contributed by atoms with Gasteiger partial charge in [0, 0.05) is 25.6 Å². The summed E-state index contributed by atoms with van der Waals surface area (Å²) in [6.45, 7) is 6.90. The van der Waals surface area contributed by atoms with Crippen molar-refractivity contribution >= 4 is 11.9 Å². The summed E-state index contributed by atoms with van der Waals surface area (Å²) in [5.41, 5.74) is 1.18. The van der Waals surface area contributed by atoms with Gasteiger partial charge in [0.15, 0.2) is 0 Å². The van der Waals surface area contributed by atoms with Crippen molar-refractivity contribution in [3.63, 3.8) is 0 Å². The summed E-state index contributed by atoms with van der Waals surface area (Å²) in [7, 11) is 0. The Morgan fingerprint density at radius 2 is 2.00 bits per heavy atom. The van der Waals surface area contributed by atoms with E-state index in [4.69, 9.17) is 9.84 Å². The maximum Gasteiger partial charge on any atom is 0.317 e. The van der Waals surface area contributed by atoms with Gasteiger partial charge in [-0.3, -0.25) is 14.5 Å². The second-order valence-corrected chi connectivity index (χ2v) is 7.19. The monoisotopic (exact) mass is 376 g/mol. The molecule has 1 aliphatic rings. The van der Waals surface area contributed by atoms with Gasteiger partial charge in [-0.05, 0) is 56.8 Å². The highest BCUT2D eigenvalue weighted by Gasteiger charge is 2.26. The first kappa shape index (κ1) is 21.2. The van der Waals surface area contributed by atoms with Crippen LogP contribution in [-0.4, -0.2) is 65.6 Å². The minimum absolute atomic E-state index is 0.0794. The number of hydrogen-bond acceptors (Lipinski definition) is 4. The number of carbonyl (C=O) groups excluding carboxylic acids is 1. The van der Waals surface area contributed by atoms with E-state index in [-0.39, 0.29) is 18.5 Å². The Labute approximate surface area is 162 Å². The number of piperidine rings is 1. The highest BCUT2D eigenvalue weighted by molar-refractivity contribution is 5.76. The van der Waals surface area contributed by atoms with E-state index in [1.54, 1.807) is 0 Å². The van der Waals surface area contributed by atoms with Crippen molar-refractivity contribution in [2.24, 2.45) is 0 Å². The van der Waals surface area contributed by atoms with E-state index in [0.717, 1.165) is 51.1 Å². The van der Waals surface area contributed by atoms with Gasteiger partial charge < -0.3 is 14.7 Å². The normalized spacial score (nSPS) is 15.1. The third-order valence-electron chi connectivity index (χ3n) is 5.12. The Morgan fingerprint density at radius 3 is 2.63 bits per heavy atom. The molecule has 0 atom stereocenters. The summed E-state index contributed by atoms with van der Waals surface area (Å²) in [4.78, 5) is 27.2. The largest absolute Gasteiger partial charge is 0.494 e. The predicted octanol–water partition coefficient (Wildman–Crippen LogP) is 2.94. The average Bonchev–Trinajstić information content (AvgIpc) is 2.65. The molecular formula is C21H32N2O4. The quantitative estimate of drug-likeness (QED) is 0.636. The van der Waals surface area contributed by atoms with Crippen LogP contribution in [0.3, 0.4) is 0 Å². The summed E-state index contributed by atoms with van der Waals surface area (Å²) in [6.07, 6.45) is 3.93. The van der Waals surface area contributed by atoms with Crippen LogP contribution in [-0.2, 0) is 9.59 Å². The number of likely N-dealkylation sites (tertiary alicyclic amines) is 1. The standard InChI is InChI=1S/C21H32N2O4/c1-3-22(16-21(25)26)18-10-12-23(13-11-18)20(24)9-4-5-14-27-19-8-6-7-17(2)15-19/h6-8,15,18H,3-5,9-14,16H2,1-2H3,(H,25,26). The van der Waals surface area contributed by atoms with E-state index in [1.807, 2.05) is 47.9 Å². The number of amides is 1. The summed E-state index contributed by atoms with van der Waals surface area (Å²) in [5, 5.41) is 9.00. The zero-order valence-electron chi connectivity index (χ0n) is 16.5. The Morgan fingerprint density at radius 1 is 1.26 bits per heavy atom. The molecule has 0 unspecified atom stereocenters. The van der Waals surface area contributed by atoms with Gasteiger partial charge in [0.25, 0.3) is 0 Å². The molecule has 2 rings (SSSR count). The van der Waals surface area contributed by atoms with Gasteiger partial charge in [-0.2, -0.15) is 0 Å². The van der Waals surface area contributed by atoms with Crippen LogP contribution in [0.5, 0.6) is 5.75 Å². The number of carboxylic acids is 1. The van der Waals surface area contributed by atoms with Crippen LogP contribution < -0.4 is 4.74 Å². The molecule has 0 aromatic heterocycles. The van der Waals surface area contributed by atoms with E-state index >= 15 is 0 Å². The number of likely N-dealkylation sites (N-methyl/N-ethyl adjacent to an activating group) is 1. The molecule has 1 N–H and O–H groups in total. The van der Waals surface area contributed by atoms with Crippen LogP contribution in [0.2, 0.25) is 0 Å². The van der Waals surface area contributed by atoms with Crippen molar-refractivity contribution in [2.75, 3.05) is 32.8 Å². The van der Waals surface area contributed by atoms with Crippen molar-refractivity contribution in [3.05, 3.63) is 29.8 Å². The van der Waals surface area contributed by atoms with Crippen molar-refractivity contribution in [1.82, 2.24) is 9.80 Å². The fraction of sp³-hybridized carbons (Fsp3) is 0.619. The highest BCUT2D eigenvalue weighted by Crippen LogP contribution is 2.18. The fourth-order valence-electron chi connectivity index (χ4n) is 3.58. The molecule has 0 saturated carbocycles. The summed E-state index contributed by atoms with van der Waals surface area (Å²) in [6, 6.07) is 8.24. The molecule has 150 valence electrons. The molecule has 1 amide bonds. The number of aryl methyl sites for hydroxylation is 1. The van der Waals surface area contributed by atoms with Crippen molar-refractivity contribution in [1.29, 1.82) is 0 Å². The van der Waals surface area contributed by atoms with Crippen molar-refractivity contribution in [2.45, 2.75) is 52.0 Å². The summed E-state index contributed by atoms with van der Waals surface area (Å²) < 4.78 is 5.72. The van der Waals surface area contributed by atoms with E-state index in [2.05, 4.69) is 0 Å². The van der Waals surface area contributed by atoms with E-state index in [9.17, 15) is 9.59 Å². The second-order valence-electron chi connectivity index (χ2n) is 7.19. The molecule has 1 aromatic carbocycles. The average molecular weight is 376 g/mol. The van der Waals surface area contributed by atoms with Crippen LogP contribution in [0.15, 0.2) is 24.3 Å². The molecule has 0 aliphatic carbocycles. The smallest absolute Gasteiger partial charge is 0.317 e. The fourth-order valence-corrected chi connectivity index (χ4v) is 3.58. The zero-order chi connectivity index (χ0) is 19.6. The van der Waals surface area contributed by atoms with Crippen LogP contribution in [0.25, 0.3) is 0 Å². The number of unbranched alkanes of at least 4 members (excludes halogenated alkanes) is 1. The molecule has 1 heterocycles.